The van der Waals surface area contributed by atoms with Gasteiger partial charge >= 0.3 is 0 Å². The van der Waals surface area contributed by atoms with Crippen molar-refractivity contribution < 1.29 is 0 Å². The molecule has 0 saturated heterocycles. The van der Waals surface area contributed by atoms with Gasteiger partial charge in [-0.2, -0.15) is 0 Å². The molecule has 1 aliphatic carbocycles. The molecule has 1 saturated carbocycles. The molecule has 0 aliphatic heterocycles. The third-order valence-electron chi connectivity index (χ3n) is 3.40. The molecule has 1 heterocycles. The zero-order valence-electron chi connectivity index (χ0n) is 8.85. The van der Waals surface area contributed by atoms with Crippen LogP contribution in [0.15, 0.2) is 24.5 Å². The van der Waals surface area contributed by atoms with Crippen LogP contribution in [0.25, 0.3) is 11.0 Å². The number of aromatic nitrogens is 2. The van der Waals surface area contributed by atoms with Crippen molar-refractivity contribution >= 4 is 11.0 Å². The molecule has 15 heavy (non-hydrogen) atoms. The second kappa shape index (κ2) is 3.07. The van der Waals surface area contributed by atoms with Gasteiger partial charge in [0, 0.05) is 13.1 Å². The van der Waals surface area contributed by atoms with Gasteiger partial charge < -0.3 is 10.3 Å². The maximum atomic E-state index is 5.80. The Kier molecular flexibility index (Phi) is 1.83. The normalized spacial score (nSPS) is 25.5. The van der Waals surface area contributed by atoms with E-state index in [-0.39, 0.29) is 0 Å². The molecular weight excluding hydrogens is 186 g/mol. The van der Waals surface area contributed by atoms with Gasteiger partial charge in [-0.3, -0.25) is 0 Å². The van der Waals surface area contributed by atoms with E-state index in [4.69, 9.17) is 5.73 Å². The number of fused-ring (bicyclic) bond motifs is 1. The van der Waals surface area contributed by atoms with Crippen molar-refractivity contribution in [3.05, 3.63) is 30.1 Å². The van der Waals surface area contributed by atoms with Gasteiger partial charge in [0.1, 0.15) is 0 Å². The van der Waals surface area contributed by atoms with Gasteiger partial charge in [-0.05, 0) is 36.5 Å². The van der Waals surface area contributed by atoms with Crippen LogP contribution in [0.5, 0.6) is 0 Å². The Labute approximate surface area is 88.9 Å². The lowest BCUT2D eigenvalue weighted by molar-refractivity contribution is 0.352. The molecule has 0 unspecified atom stereocenters. The second-order valence-electron chi connectivity index (χ2n) is 4.53. The SMILES string of the molecule is Cn1cnc2cc(C3CC(N)C3)ccc21. The maximum Gasteiger partial charge on any atom is 0.0955 e. The third kappa shape index (κ3) is 1.35. The second-order valence-corrected chi connectivity index (χ2v) is 4.53. The highest BCUT2D eigenvalue weighted by Crippen LogP contribution is 2.36. The minimum atomic E-state index is 0.412. The Bertz CT molecular complexity index is 495. The Morgan fingerprint density at radius 2 is 2.20 bits per heavy atom. The lowest BCUT2D eigenvalue weighted by atomic mass is 9.76. The molecule has 0 amide bonds. The quantitative estimate of drug-likeness (QED) is 0.764. The summed E-state index contributed by atoms with van der Waals surface area (Å²) in [6, 6.07) is 6.97. The summed E-state index contributed by atoms with van der Waals surface area (Å²) in [5, 5.41) is 0. The van der Waals surface area contributed by atoms with Gasteiger partial charge in [-0.25, -0.2) is 4.98 Å². The van der Waals surface area contributed by atoms with Gasteiger partial charge in [0.05, 0.1) is 17.4 Å². The number of nitrogens with two attached hydrogens (primary N) is 1. The Morgan fingerprint density at radius 1 is 1.40 bits per heavy atom. The number of aryl methyl sites for hydroxylation is 1. The monoisotopic (exact) mass is 201 g/mol. The minimum Gasteiger partial charge on any atom is -0.334 e. The molecule has 0 radical (unpaired) electrons. The summed E-state index contributed by atoms with van der Waals surface area (Å²) in [7, 11) is 2.02. The molecule has 3 nitrogen and oxygen atoms in total. The number of hydrogen-bond donors (Lipinski definition) is 1. The topological polar surface area (TPSA) is 43.8 Å². The van der Waals surface area contributed by atoms with Crippen LogP contribution in [0.3, 0.4) is 0 Å². The molecule has 78 valence electrons. The van der Waals surface area contributed by atoms with Crippen molar-refractivity contribution in [2.75, 3.05) is 0 Å². The molecule has 3 heteroatoms. The third-order valence-corrected chi connectivity index (χ3v) is 3.40. The fourth-order valence-corrected chi connectivity index (χ4v) is 2.34. The molecule has 3 rings (SSSR count). The predicted octanol–water partition coefficient (Wildman–Crippen LogP) is 1.78. The van der Waals surface area contributed by atoms with E-state index in [1.54, 1.807) is 0 Å². The Morgan fingerprint density at radius 3 is 2.93 bits per heavy atom. The molecule has 2 aromatic rings. The average Bonchev–Trinajstić information content (AvgIpc) is 2.55. The van der Waals surface area contributed by atoms with Crippen molar-refractivity contribution in [1.29, 1.82) is 0 Å². The lowest BCUT2D eigenvalue weighted by Crippen LogP contribution is -2.34. The maximum absolute atomic E-state index is 5.80. The fraction of sp³-hybridized carbons (Fsp3) is 0.417. The molecule has 0 bridgehead atoms. The lowest BCUT2D eigenvalue weighted by Gasteiger charge is -2.32. The Balaban J connectivity index is 2.00. The molecule has 2 N–H and O–H groups in total. The van der Waals surface area contributed by atoms with E-state index >= 15 is 0 Å². The molecular formula is C12H15N3. The Hall–Kier alpha value is -1.35. The number of rotatable bonds is 1. The molecule has 1 aliphatic rings. The largest absolute Gasteiger partial charge is 0.334 e. The van der Waals surface area contributed by atoms with Crippen LogP contribution >= 0.6 is 0 Å². The van der Waals surface area contributed by atoms with Crippen molar-refractivity contribution in [3.63, 3.8) is 0 Å². The summed E-state index contributed by atoms with van der Waals surface area (Å²) < 4.78 is 2.05. The predicted molar refractivity (Wildman–Crippen MR) is 60.7 cm³/mol. The van der Waals surface area contributed by atoms with Crippen molar-refractivity contribution in [2.45, 2.75) is 24.8 Å². The summed E-state index contributed by atoms with van der Waals surface area (Å²) in [5.74, 6) is 0.659. The smallest absolute Gasteiger partial charge is 0.0955 e. The highest BCUT2D eigenvalue weighted by atomic mass is 15.0. The molecule has 1 aromatic heterocycles. The van der Waals surface area contributed by atoms with Gasteiger partial charge in [0.2, 0.25) is 0 Å². The molecule has 0 atom stereocenters. The van der Waals surface area contributed by atoms with Gasteiger partial charge in [0.15, 0.2) is 0 Å². The zero-order valence-corrected chi connectivity index (χ0v) is 8.85. The van der Waals surface area contributed by atoms with Crippen LogP contribution in [0, 0.1) is 0 Å². The summed E-state index contributed by atoms with van der Waals surface area (Å²) in [6.07, 6.45) is 4.11. The zero-order chi connectivity index (χ0) is 10.4. The highest BCUT2D eigenvalue weighted by molar-refractivity contribution is 5.76. The number of imidazole rings is 1. The first-order valence-electron chi connectivity index (χ1n) is 5.40. The van der Waals surface area contributed by atoms with E-state index < -0.39 is 0 Å². The van der Waals surface area contributed by atoms with E-state index in [1.165, 1.54) is 11.1 Å². The van der Waals surface area contributed by atoms with Crippen LogP contribution in [0.4, 0.5) is 0 Å². The van der Waals surface area contributed by atoms with Crippen molar-refractivity contribution in [1.82, 2.24) is 9.55 Å². The molecule has 1 aromatic carbocycles. The van der Waals surface area contributed by atoms with Crippen LogP contribution < -0.4 is 5.73 Å². The van der Waals surface area contributed by atoms with Crippen LogP contribution in [0.2, 0.25) is 0 Å². The van der Waals surface area contributed by atoms with Gasteiger partial charge in [-0.15, -0.1) is 0 Å². The first-order valence-corrected chi connectivity index (χ1v) is 5.40. The standard InChI is InChI=1S/C12H15N3/c1-15-7-14-11-6-8(2-3-12(11)15)9-4-10(13)5-9/h2-3,6-7,9-10H,4-5,13H2,1H3. The van der Waals surface area contributed by atoms with E-state index in [0.29, 0.717) is 12.0 Å². The molecule has 1 fully saturated rings. The van der Waals surface area contributed by atoms with Crippen LogP contribution in [-0.4, -0.2) is 15.6 Å². The van der Waals surface area contributed by atoms with Crippen LogP contribution in [-0.2, 0) is 7.05 Å². The fourth-order valence-electron chi connectivity index (χ4n) is 2.34. The number of hydrogen-bond acceptors (Lipinski definition) is 2. The summed E-state index contributed by atoms with van der Waals surface area (Å²) in [4.78, 5) is 4.37. The van der Waals surface area contributed by atoms with Crippen molar-refractivity contribution in [2.24, 2.45) is 12.8 Å². The van der Waals surface area contributed by atoms with E-state index in [1.807, 2.05) is 17.9 Å². The highest BCUT2D eigenvalue weighted by Gasteiger charge is 2.27. The van der Waals surface area contributed by atoms with Crippen molar-refractivity contribution in [3.8, 4) is 0 Å². The number of nitrogens with zero attached hydrogens (tertiary/aromatic N) is 2. The summed E-state index contributed by atoms with van der Waals surface area (Å²) >= 11 is 0. The van der Waals surface area contributed by atoms with E-state index in [9.17, 15) is 0 Å². The minimum absolute atomic E-state index is 0.412. The van der Waals surface area contributed by atoms with Gasteiger partial charge in [-0.1, -0.05) is 6.07 Å². The van der Waals surface area contributed by atoms with Gasteiger partial charge in [0.25, 0.3) is 0 Å². The average molecular weight is 201 g/mol. The number of benzene rings is 1. The summed E-state index contributed by atoms with van der Waals surface area (Å²) in [5.41, 5.74) is 9.48. The van der Waals surface area contributed by atoms with Crippen LogP contribution in [0.1, 0.15) is 24.3 Å². The van der Waals surface area contributed by atoms with E-state index in [2.05, 4.69) is 23.2 Å². The molecule has 0 spiro atoms. The first kappa shape index (κ1) is 8.92. The van der Waals surface area contributed by atoms with E-state index in [0.717, 1.165) is 18.4 Å². The first-order chi connectivity index (χ1) is 7.24. The summed E-state index contributed by atoms with van der Waals surface area (Å²) in [6.45, 7) is 0.